The molecule has 1 aliphatic rings. The number of rotatable bonds is 7. The number of H-pyrrole nitrogens is 1. The van der Waals surface area contributed by atoms with Crippen molar-refractivity contribution in [2.75, 3.05) is 12.3 Å². The number of hydrogen-bond acceptors (Lipinski definition) is 6. The van der Waals surface area contributed by atoms with Gasteiger partial charge in [-0.2, -0.15) is 9.97 Å². The van der Waals surface area contributed by atoms with Gasteiger partial charge < -0.3 is 20.2 Å². The van der Waals surface area contributed by atoms with Crippen LogP contribution in [0.4, 0.5) is 5.82 Å². The molecule has 0 aliphatic carbocycles. The van der Waals surface area contributed by atoms with Crippen LogP contribution in [-0.4, -0.2) is 37.8 Å². The summed E-state index contributed by atoms with van der Waals surface area (Å²) in [6.45, 7) is 9.66. The van der Waals surface area contributed by atoms with Gasteiger partial charge in [-0.3, -0.25) is 4.57 Å². The molecule has 8 nitrogen and oxygen atoms in total. The molecular formula is C19H31N5O3. The molecule has 1 unspecified atom stereocenters. The Labute approximate surface area is 159 Å². The number of aryl methyl sites for hydroxylation is 1. The fourth-order valence-corrected chi connectivity index (χ4v) is 3.85. The van der Waals surface area contributed by atoms with Crippen LogP contribution in [-0.2, 0) is 11.3 Å². The van der Waals surface area contributed by atoms with Crippen molar-refractivity contribution >= 4 is 17.0 Å². The zero-order chi connectivity index (χ0) is 19.6. The number of nitrogens with two attached hydrogens (primary N) is 1. The van der Waals surface area contributed by atoms with Crippen molar-refractivity contribution in [2.45, 2.75) is 78.0 Å². The smallest absolute Gasteiger partial charge is 0.327 e. The monoisotopic (exact) mass is 377 g/mol. The minimum Gasteiger partial charge on any atom is -0.460 e. The number of aromatic nitrogens is 4. The van der Waals surface area contributed by atoms with Crippen LogP contribution >= 0.6 is 0 Å². The summed E-state index contributed by atoms with van der Waals surface area (Å²) in [7, 11) is 0. The Balaban J connectivity index is 1.81. The molecule has 1 saturated heterocycles. The molecule has 8 heteroatoms. The van der Waals surface area contributed by atoms with Crippen LogP contribution in [0.15, 0.2) is 4.79 Å². The van der Waals surface area contributed by atoms with E-state index in [4.69, 9.17) is 15.2 Å². The van der Waals surface area contributed by atoms with Gasteiger partial charge in [-0.1, -0.05) is 13.3 Å². The fraction of sp³-hybridized carbons (Fsp3) is 0.737. The standard InChI is InChI=1S/C19H31N5O3/c1-5-6-12(2)27-17-22-15(20)14-16(23-17)24(18(25)21-14)9-7-13-8-10-26-19(3,4)11-13/h12-13H,5-11H2,1-4H3,(H,21,25)(H2,20,22,23)/t12-,13?/m1/s1. The summed E-state index contributed by atoms with van der Waals surface area (Å²) >= 11 is 0. The Morgan fingerprint density at radius 1 is 1.44 bits per heavy atom. The summed E-state index contributed by atoms with van der Waals surface area (Å²) in [6, 6.07) is 0.223. The van der Waals surface area contributed by atoms with Crippen LogP contribution in [0.25, 0.3) is 11.2 Å². The highest BCUT2D eigenvalue weighted by atomic mass is 16.5. The van der Waals surface area contributed by atoms with Crippen molar-refractivity contribution in [1.82, 2.24) is 19.5 Å². The van der Waals surface area contributed by atoms with Gasteiger partial charge in [-0.15, -0.1) is 0 Å². The second kappa shape index (κ2) is 7.88. The molecule has 2 atom stereocenters. The molecule has 2 aromatic heterocycles. The molecule has 3 N–H and O–H groups in total. The summed E-state index contributed by atoms with van der Waals surface area (Å²) < 4.78 is 13.2. The zero-order valence-corrected chi connectivity index (χ0v) is 16.7. The van der Waals surface area contributed by atoms with Gasteiger partial charge in [0.05, 0.1) is 11.7 Å². The van der Waals surface area contributed by atoms with Gasteiger partial charge in [0.2, 0.25) is 0 Å². The summed E-state index contributed by atoms with van der Waals surface area (Å²) in [5.41, 5.74) is 6.71. The number of aromatic amines is 1. The largest absolute Gasteiger partial charge is 0.460 e. The number of imidazole rings is 1. The molecule has 2 aromatic rings. The van der Waals surface area contributed by atoms with Crippen LogP contribution in [0.3, 0.4) is 0 Å². The molecule has 0 bridgehead atoms. The molecule has 0 radical (unpaired) electrons. The average Bonchev–Trinajstić information content (AvgIpc) is 2.88. The maximum absolute atomic E-state index is 12.4. The minimum absolute atomic E-state index is 0.00423. The van der Waals surface area contributed by atoms with E-state index in [0.717, 1.165) is 38.7 Å². The Kier molecular flexibility index (Phi) is 5.74. The number of fused-ring (bicyclic) bond motifs is 1. The first-order valence-corrected chi connectivity index (χ1v) is 9.85. The topological polar surface area (TPSA) is 108 Å². The highest BCUT2D eigenvalue weighted by molar-refractivity contribution is 5.81. The third-order valence-corrected chi connectivity index (χ3v) is 5.19. The van der Waals surface area contributed by atoms with E-state index in [2.05, 4.69) is 35.7 Å². The van der Waals surface area contributed by atoms with Crippen LogP contribution in [0, 0.1) is 5.92 Å². The second-order valence-electron chi connectivity index (χ2n) is 8.14. The first-order chi connectivity index (χ1) is 12.8. The number of anilines is 1. The Morgan fingerprint density at radius 3 is 2.93 bits per heavy atom. The van der Waals surface area contributed by atoms with Gasteiger partial charge in [0.15, 0.2) is 11.5 Å². The van der Waals surface area contributed by atoms with E-state index in [9.17, 15) is 4.79 Å². The lowest BCUT2D eigenvalue weighted by molar-refractivity contribution is -0.0740. The van der Waals surface area contributed by atoms with Crippen LogP contribution in [0.2, 0.25) is 0 Å². The summed E-state index contributed by atoms with van der Waals surface area (Å²) in [5.74, 6) is 0.756. The quantitative estimate of drug-likeness (QED) is 0.768. The number of nitrogens with zero attached hydrogens (tertiary/aromatic N) is 3. The molecular weight excluding hydrogens is 346 g/mol. The molecule has 1 fully saturated rings. The predicted molar refractivity (Wildman–Crippen MR) is 105 cm³/mol. The van der Waals surface area contributed by atoms with Crippen molar-refractivity contribution in [2.24, 2.45) is 5.92 Å². The van der Waals surface area contributed by atoms with E-state index in [-0.39, 0.29) is 29.2 Å². The van der Waals surface area contributed by atoms with Crippen molar-refractivity contribution in [1.29, 1.82) is 0 Å². The lowest BCUT2D eigenvalue weighted by Crippen LogP contribution is -2.34. The van der Waals surface area contributed by atoms with Gasteiger partial charge in [0.25, 0.3) is 0 Å². The molecule has 3 heterocycles. The lowest BCUT2D eigenvalue weighted by atomic mass is 9.86. The lowest BCUT2D eigenvalue weighted by Gasteiger charge is -2.35. The number of hydrogen-bond donors (Lipinski definition) is 2. The van der Waals surface area contributed by atoms with Crippen molar-refractivity contribution in [3.05, 3.63) is 10.5 Å². The summed E-state index contributed by atoms with van der Waals surface area (Å²) in [6.07, 6.45) is 4.81. The molecule has 0 saturated carbocycles. The highest BCUT2D eigenvalue weighted by Crippen LogP contribution is 2.31. The number of nitrogen functional groups attached to an aromatic ring is 1. The third-order valence-electron chi connectivity index (χ3n) is 5.19. The average molecular weight is 377 g/mol. The zero-order valence-electron chi connectivity index (χ0n) is 16.7. The van der Waals surface area contributed by atoms with Crippen molar-refractivity contribution in [3.8, 4) is 6.01 Å². The van der Waals surface area contributed by atoms with Gasteiger partial charge in [0, 0.05) is 13.2 Å². The van der Waals surface area contributed by atoms with E-state index >= 15 is 0 Å². The first kappa shape index (κ1) is 19.7. The summed E-state index contributed by atoms with van der Waals surface area (Å²) in [5, 5.41) is 0. The van der Waals surface area contributed by atoms with E-state index in [0.29, 0.717) is 23.6 Å². The van der Waals surface area contributed by atoms with E-state index in [1.54, 1.807) is 4.57 Å². The Bertz CT molecular complexity index is 842. The van der Waals surface area contributed by atoms with Crippen LogP contribution in [0.5, 0.6) is 6.01 Å². The van der Waals surface area contributed by atoms with E-state index in [1.165, 1.54) is 0 Å². The summed E-state index contributed by atoms with van der Waals surface area (Å²) in [4.78, 5) is 23.9. The van der Waals surface area contributed by atoms with Crippen LogP contribution in [0.1, 0.15) is 59.8 Å². The van der Waals surface area contributed by atoms with Crippen LogP contribution < -0.4 is 16.2 Å². The SMILES string of the molecule is CCC[C@@H](C)Oc1nc(N)c2[nH]c(=O)n(CCC3CCOC(C)(C)C3)c2n1. The van der Waals surface area contributed by atoms with E-state index < -0.39 is 0 Å². The molecule has 27 heavy (non-hydrogen) atoms. The predicted octanol–water partition coefficient (Wildman–Crippen LogP) is 2.86. The van der Waals surface area contributed by atoms with E-state index in [1.807, 2.05) is 6.92 Å². The fourth-order valence-electron chi connectivity index (χ4n) is 3.85. The van der Waals surface area contributed by atoms with Gasteiger partial charge >= 0.3 is 11.7 Å². The van der Waals surface area contributed by atoms with Gasteiger partial charge in [-0.25, -0.2) is 4.79 Å². The van der Waals surface area contributed by atoms with Crippen molar-refractivity contribution < 1.29 is 9.47 Å². The maximum atomic E-state index is 12.4. The van der Waals surface area contributed by atoms with Crippen molar-refractivity contribution in [3.63, 3.8) is 0 Å². The molecule has 0 aromatic carbocycles. The Morgan fingerprint density at radius 2 is 2.22 bits per heavy atom. The molecule has 0 amide bonds. The molecule has 3 rings (SSSR count). The first-order valence-electron chi connectivity index (χ1n) is 9.85. The maximum Gasteiger partial charge on any atom is 0.327 e. The number of nitrogens with one attached hydrogen (secondary N) is 1. The Hall–Kier alpha value is -2.09. The van der Waals surface area contributed by atoms with Gasteiger partial charge in [-0.05, 0) is 52.4 Å². The molecule has 150 valence electrons. The number of ether oxygens (including phenoxy) is 2. The third kappa shape index (κ3) is 4.61. The highest BCUT2D eigenvalue weighted by Gasteiger charge is 2.29. The normalized spacial score (nSPS) is 20.7. The minimum atomic E-state index is -0.212. The molecule has 0 spiro atoms. The molecule has 1 aliphatic heterocycles. The van der Waals surface area contributed by atoms with Gasteiger partial charge in [0.1, 0.15) is 5.52 Å². The second-order valence-corrected chi connectivity index (χ2v) is 8.14.